The van der Waals surface area contributed by atoms with Crippen LogP contribution in [0, 0.1) is 0 Å². The van der Waals surface area contributed by atoms with Crippen molar-refractivity contribution in [2.24, 2.45) is 7.05 Å². The van der Waals surface area contributed by atoms with Gasteiger partial charge in [-0.1, -0.05) is 24.6 Å². The molecule has 0 atom stereocenters. The molecule has 1 aromatic carbocycles. The quantitative estimate of drug-likeness (QED) is 0.912. The van der Waals surface area contributed by atoms with Crippen LogP contribution in [0.1, 0.15) is 31.0 Å². The van der Waals surface area contributed by atoms with Crippen molar-refractivity contribution in [1.29, 1.82) is 0 Å². The number of benzene rings is 1. The van der Waals surface area contributed by atoms with Crippen molar-refractivity contribution < 1.29 is 0 Å². The fraction of sp³-hybridized carbons (Fsp3) is 0.438. The van der Waals surface area contributed by atoms with Gasteiger partial charge in [0.1, 0.15) is 0 Å². The van der Waals surface area contributed by atoms with Crippen LogP contribution in [0.15, 0.2) is 24.4 Å². The Labute approximate surface area is 124 Å². The van der Waals surface area contributed by atoms with Crippen LogP contribution in [0.25, 0.3) is 11.1 Å². The van der Waals surface area contributed by atoms with E-state index in [0.717, 1.165) is 23.7 Å². The molecule has 3 rings (SSSR count). The molecule has 1 aliphatic carbocycles. The fourth-order valence-electron chi connectivity index (χ4n) is 2.53. The van der Waals surface area contributed by atoms with Crippen molar-refractivity contribution in [3.8, 4) is 11.1 Å². The van der Waals surface area contributed by atoms with Gasteiger partial charge in [0.05, 0.1) is 5.69 Å². The molecule has 1 aromatic heterocycles. The first-order chi connectivity index (χ1) is 9.67. The maximum absolute atomic E-state index is 6.17. The Morgan fingerprint density at radius 2 is 2.15 bits per heavy atom. The van der Waals surface area contributed by atoms with E-state index in [1.807, 2.05) is 17.8 Å². The molecule has 0 bridgehead atoms. The van der Waals surface area contributed by atoms with Gasteiger partial charge in [-0.05, 0) is 42.5 Å². The number of aromatic nitrogens is 2. The van der Waals surface area contributed by atoms with Crippen LogP contribution in [0.2, 0.25) is 5.02 Å². The lowest BCUT2D eigenvalue weighted by Gasteiger charge is -2.11. The molecule has 2 aromatic rings. The van der Waals surface area contributed by atoms with Crippen LogP contribution in [-0.4, -0.2) is 15.8 Å². The highest BCUT2D eigenvalue weighted by Crippen LogP contribution is 2.30. The molecule has 1 fully saturated rings. The third-order valence-corrected chi connectivity index (χ3v) is 3.99. The summed E-state index contributed by atoms with van der Waals surface area (Å²) in [4.78, 5) is 0. The highest BCUT2D eigenvalue weighted by molar-refractivity contribution is 6.30. The summed E-state index contributed by atoms with van der Waals surface area (Å²) < 4.78 is 1.89. The Balaban J connectivity index is 1.97. The monoisotopic (exact) mass is 289 g/mol. The summed E-state index contributed by atoms with van der Waals surface area (Å²) in [6.07, 6.45) is 5.63. The molecule has 106 valence electrons. The van der Waals surface area contributed by atoms with Crippen LogP contribution < -0.4 is 5.32 Å². The zero-order valence-corrected chi connectivity index (χ0v) is 12.7. The van der Waals surface area contributed by atoms with E-state index in [1.54, 1.807) is 0 Å². The predicted octanol–water partition coefficient (Wildman–Crippen LogP) is 3.55. The molecule has 0 saturated heterocycles. The van der Waals surface area contributed by atoms with Crippen molar-refractivity contribution >= 4 is 11.6 Å². The van der Waals surface area contributed by atoms with Crippen molar-refractivity contribution in [1.82, 2.24) is 15.1 Å². The van der Waals surface area contributed by atoms with Crippen molar-refractivity contribution in [3.05, 3.63) is 40.7 Å². The zero-order chi connectivity index (χ0) is 14.1. The number of hydrogen-bond acceptors (Lipinski definition) is 2. The molecular formula is C16H20ClN3. The van der Waals surface area contributed by atoms with Gasteiger partial charge in [0.15, 0.2) is 0 Å². The normalized spacial score (nSPS) is 14.8. The van der Waals surface area contributed by atoms with E-state index in [0.29, 0.717) is 6.04 Å². The molecule has 1 heterocycles. The second-order valence-electron chi connectivity index (χ2n) is 5.47. The summed E-state index contributed by atoms with van der Waals surface area (Å²) in [5, 5.41) is 8.90. The van der Waals surface area contributed by atoms with Crippen LogP contribution in [0.4, 0.5) is 0 Å². The van der Waals surface area contributed by atoms with Gasteiger partial charge >= 0.3 is 0 Å². The standard InChI is InChI=1S/C16H20ClN3/c1-3-16-15(10-20(2)19-16)14-7-4-12(17)8-11(14)9-18-13-5-6-13/h4,7-8,10,13,18H,3,5-6,9H2,1-2H3. The van der Waals surface area contributed by atoms with E-state index < -0.39 is 0 Å². The summed E-state index contributed by atoms with van der Waals surface area (Å²) in [6.45, 7) is 3.02. The third-order valence-electron chi connectivity index (χ3n) is 3.76. The minimum absolute atomic E-state index is 0.696. The van der Waals surface area contributed by atoms with Crippen LogP contribution in [0.3, 0.4) is 0 Å². The predicted molar refractivity (Wildman–Crippen MR) is 82.9 cm³/mol. The molecule has 0 amide bonds. The minimum atomic E-state index is 0.696. The third kappa shape index (κ3) is 2.89. The summed E-state index contributed by atoms with van der Waals surface area (Å²) in [7, 11) is 1.97. The summed E-state index contributed by atoms with van der Waals surface area (Å²) in [5.41, 5.74) is 4.86. The topological polar surface area (TPSA) is 29.9 Å². The lowest BCUT2D eigenvalue weighted by Crippen LogP contribution is -2.16. The van der Waals surface area contributed by atoms with Gasteiger partial charge in [0.25, 0.3) is 0 Å². The highest BCUT2D eigenvalue weighted by Gasteiger charge is 2.21. The molecule has 0 aliphatic heterocycles. The largest absolute Gasteiger partial charge is 0.310 e. The number of hydrogen-bond donors (Lipinski definition) is 1. The minimum Gasteiger partial charge on any atom is -0.310 e. The van der Waals surface area contributed by atoms with Gasteiger partial charge in [-0.2, -0.15) is 5.10 Å². The second kappa shape index (κ2) is 5.58. The number of aryl methyl sites for hydroxylation is 2. The zero-order valence-electron chi connectivity index (χ0n) is 12.0. The van der Waals surface area contributed by atoms with Crippen molar-refractivity contribution in [2.75, 3.05) is 0 Å². The first kappa shape index (κ1) is 13.7. The summed E-state index contributed by atoms with van der Waals surface area (Å²) >= 11 is 6.17. The van der Waals surface area contributed by atoms with Gasteiger partial charge in [-0.25, -0.2) is 0 Å². The van der Waals surface area contributed by atoms with E-state index in [4.69, 9.17) is 11.6 Å². The summed E-state index contributed by atoms with van der Waals surface area (Å²) in [6, 6.07) is 6.84. The Bertz CT molecular complexity index is 614. The first-order valence-corrected chi connectivity index (χ1v) is 7.60. The Morgan fingerprint density at radius 1 is 1.35 bits per heavy atom. The maximum Gasteiger partial charge on any atom is 0.0700 e. The summed E-state index contributed by atoms with van der Waals surface area (Å²) in [5.74, 6) is 0. The number of halogens is 1. The van der Waals surface area contributed by atoms with Crippen molar-refractivity contribution in [2.45, 2.75) is 38.8 Å². The average molecular weight is 290 g/mol. The Hall–Kier alpha value is -1.32. The number of nitrogens with zero attached hydrogens (tertiary/aromatic N) is 2. The number of rotatable bonds is 5. The number of nitrogens with one attached hydrogen (secondary N) is 1. The van der Waals surface area contributed by atoms with Gasteiger partial charge in [0, 0.05) is 36.4 Å². The Morgan fingerprint density at radius 3 is 2.85 bits per heavy atom. The average Bonchev–Trinajstić information content (AvgIpc) is 3.18. The molecule has 20 heavy (non-hydrogen) atoms. The molecule has 1 aliphatic rings. The molecule has 1 N–H and O–H groups in total. The Kier molecular flexibility index (Phi) is 3.81. The van der Waals surface area contributed by atoms with Gasteiger partial charge in [-0.3, -0.25) is 4.68 Å². The molecule has 0 unspecified atom stereocenters. The SMILES string of the molecule is CCc1nn(C)cc1-c1ccc(Cl)cc1CNC1CC1. The van der Waals surface area contributed by atoms with E-state index in [-0.39, 0.29) is 0 Å². The smallest absolute Gasteiger partial charge is 0.0700 e. The van der Waals surface area contributed by atoms with Gasteiger partial charge in [0.2, 0.25) is 0 Å². The maximum atomic E-state index is 6.17. The molecule has 0 radical (unpaired) electrons. The van der Waals surface area contributed by atoms with Gasteiger partial charge in [-0.15, -0.1) is 0 Å². The van der Waals surface area contributed by atoms with E-state index in [9.17, 15) is 0 Å². The highest BCUT2D eigenvalue weighted by atomic mass is 35.5. The van der Waals surface area contributed by atoms with E-state index in [1.165, 1.54) is 29.5 Å². The van der Waals surface area contributed by atoms with Crippen molar-refractivity contribution in [3.63, 3.8) is 0 Å². The van der Waals surface area contributed by atoms with Crippen LogP contribution >= 0.6 is 11.6 Å². The first-order valence-electron chi connectivity index (χ1n) is 7.22. The molecule has 3 nitrogen and oxygen atoms in total. The second-order valence-corrected chi connectivity index (χ2v) is 5.91. The lowest BCUT2D eigenvalue weighted by atomic mass is 9.99. The molecule has 1 saturated carbocycles. The van der Waals surface area contributed by atoms with Gasteiger partial charge < -0.3 is 5.32 Å². The molecular weight excluding hydrogens is 270 g/mol. The van der Waals surface area contributed by atoms with E-state index in [2.05, 4.69) is 35.7 Å². The fourth-order valence-corrected chi connectivity index (χ4v) is 2.73. The van der Waals surface area contributed by atoms with Crippen LogP contribution in [0.5, 0.6) is 0 Å². The van der Waals surface area contributed by atoms with Crippen LogP contribution in [-0.2, 0) is 20.0 Å². The van der Waals surface area contributed by atoms with E-state index >= 15 is 0 Å². The molecule has 0 spiro atoms. The molecule has 4 heteroatoms. The lowest BCUT2D eigenvalue weighted by molar-refractivity contribution is 0.689.